The number of nitrogens with one attached hydrogen (secondary N) is 1. The van der Waals surface area contributed by atoms with Crippen molar-refractivity contribution in [2.45, 2.75) is 25.0 Å². The summed E-state index contributed by atoms with van der Waals surface area (Å²) in [6, 6.07) is 3.53. The Bertz CT molecular complexity index is 762. The summed E-state index contributed by atoms with van der Waals surface area (Å²) in [5.41, 5.74) is 0.529. The van der Waals surface area contributed by atoms with Gasteiger partial charge in [-0.05, 0) is 18.6 Å². The topological polar surface area (TPSA) is 103 Å². The van der Waals surface area contributed by atoms with E-state index < -0.39 is 5.76 Å². The maximum atomic E-state index is 11.0. The third-order valence-electron chi connectivity index (χ3n) is 4.74. The summed E-state index contributed by atoms with van der Waals surface area (Å²) in [4.78, 5) is 20.0. The zero-order chi connectivity index (χ0) is 17.8. The summed E-state index contributed by atoms with van der Waals surface area (Å²) in [7, 11) is 0. The minimum absolute atomic E-state index is 0. The van der Waals surface area contributed by atoms with E-state index in [-0.39, 0.29) is 18.2 Å². The molecule has 2 aromatic heterocycles. The Hall–Kier alpha value is -1.94. The van der Waals surface area contributed by atoms with Crippen molar-refractivity contribution in [1.29, 1.82) is 0 Å². The van der Waals surface area contributed by atoms with Crippen molar-refractivity contribution in [3.63, 3.8) is 0 Å². The molecule has 1 spiro atoms. The van der Waals surface area contributed by atoms with E-state index in [9.17, 15) is 4.79 Å². The second-order valence-corrected chi connectivity index (χ2v) is 6.47. The summed E-state index contributed by atoms with van der Waals surface area (Å²) < 4.78 is 21.7. The van der Waals surface area contributed by atoms with Gasteiger partial charge in [0, 0.05) is 32.5 Å². The van der Waals surface area contributed by atoms with E-state index in [1.807, 2.05) is 0 Å². The number of piperidine rings is 1. The maximum Gasteiger partial charge on any atom is 0.439 e. The van der Waals surface area contributed by atoms with Crippen molar-refractivity contribution in [1.82, 2.24) is 20.0 Å². The zero-order valence-corrected chi connectivity index (χ0v) is 15.7. The molecule has 2 aromatic rings. The third-order valence-corrected chi connectivity index (χ3v) is 4.74. The van der Waals surface area contributed by atoms with Gasteiger partial charge in [-0.2, -0.15) is 0 Å². The van der Waals surface area contributed by atoms with Crippen molar-refractivity contribution in [2.24, 2.45) is 0 Å². The van der Waals surface area contributed by atoms with Crippen LogP contribution in [0, 0.1) is 0 Å². The molecule has 9 nitrogen and oxygen atoms in total. The number of aromatic amines is 1. The summed E-state index contributed by atoms with van der Waals surface area (Å²) in [6.45, 7) is 5.03. The number of aromatic nitrogens is 3. The molecule has 0 bridgehead atoms. The smallest absolute Gasteiger partial charge is 0.439 e. The lowest BCUT2D eigenvalue weighted by Gasteiger charge is -2.37. The molecule has 2 fully saturated rings. The van der Waals surface area contributed by atoms with Gasteiger partial charge in [0.05, 0.1) is 26.0 Å². The van der Waals surface area contributed by atoms with Gasteiger partial charge in [0.2, 0.25) is 5.82 Å². The van der Waals surface area contributed by atoms with E-state index in [0.717, 1.165) is 38.9 Å². The van der Waals surface area contributed by atoms with Gasteiger partial charge in [-0.3, -0.25) is 9.51 Å². The molecule has 2 saturated heterocycles. The lowest BCUT2D eigenvalue weighted by molar-refractivity contribution is -0.185. The molecular weight excluding hydrogens is 376 g/mol. The van der Waals surface area contributed by atoms with Gasteiger partial charge in [0.15, 0.2) is 5.79 Å². The largest absolute Gasteiger partial charge is 0.492 e. The molecule has 0 aliphatic carbocycles. The van der Waals surface area contributed by atoms with Crippen molar-refractivity contribution in [2.75, 3.05) is 39.5 Å². The average molecular weight is 399 g/mol. The molecule has 0 aromatic carbocycles. The molecule has 2 aliphatic heterocycles. The Morgan fingerprint density at radius 3 is 2.63 bits per heavy atom. The first-order valence-corrected chi connectivity index (χ1v) is 8.88. The van der Waals surface area contributed by atoms with Crippen LogP contribution in [-0.4, -0.2) is 65.3 Å². The van der Waals surface area contributed by atoms with E-state index in [0.29, 0.717) is 37.1 Å². The molecular formula is C17H23ClN4O5. The summed E-state index contributed by atoms with van der Waals surface area (Å²) in [6.07, 6.45) is 4.42. The van der Waals surface area contributed by atoms with Crippen LogP contribution < -0.4 is 10.5 Å². The number of hydrogen-bond donors (Lipinski definition) is 1. The Morgan fingerprint density at radius 1 is 1.22 bits per heavy atom. The molecule has 0 saturated carbocycles. The van der Waals surface area contributed by atoms with Crippen molar-refractivity contribution in [3.05, 3.63) is 28.9 Å². The molecule has 10 heteroatoms. The van der Waals surface area contributed by atoms with E-state index in [4.69, 9.17) is 14.2 Å². The average Bonchev–Trinajstić information content (AvgIpc) is 3.30. The summed E-state index contributed by atoms with van der Waals surface area (Å²) in [5, 5.41) is 3.60. The Labute approximate surface area is 162 Å². The number of rotatable bonds is 6. The highest BCUT2D eigenvalue weighted by Gasteiger charge is 2.39. The van der Waals surface area contributed by atoms with Gasteiger partial charge in [-0.1, -0.05) is 5.16 Å². The number of halogens is 1. The normalized spacial score (nSPS) is 19.1. The van der Waals surface area contributed by atoms with Gasteiger partial charge in [-0.25, -0.2) is 9.78 Å². The fraction of sp³-hybridized carbons (Fsp3) is 0.588. The number of likely N-dealkylation sites (tertiary alicyclic amines) is 1. The molecule has 148 valence electrons. The minimum Gasteiger partial charge on any atom is -0.492 e. The fourth-order valence-corrected chi connectivity index (χ4v) is 3.33. The van der Waals surface area contributed by atoms with E-state index in [1.54, 1.807) is 18.3 Å². The summed E-state index contributed by atoms with van der Waals surface area (Å²) in [5.74, 6) is 0.0792. The quantitative estimate of drug-likeness (QED) is 0.729. The lowest BCUT2D eigenvalue weighted by atomic mass is 10.0. The molecule has 2 aliphatic rings. The highest BCUT2D eigenvalue weighted by atomic mass is 35.5. The van der Waals surface area contributed by atoms with Crippen LogP contribution in [0.4, 0.5) is 0 Å². The molecule has 4 rings (SSSR count). The number of ether oxygens (including phenoxy) is 3. The highest BCUT2D eigenvalue weighted by molar-refractivity contribution is 5.85. The van der Waals surface area contributed by atoms with Crippen LogP contribution in [0.25, 0.3) is 11.5 Å². The van der Waals surface area contributed by atoms with Crippen molar-refractivity contribution in [3.8, 4) is 17.3 Å². The zero-order valence-electron chi connectivity index (χ0n) is 14.9. The minimum atomic E-state index is -0.600. The Morgan fingerprint density at radius 2 is 2.00 bits per heavy atom. The first kappa shape index (κ1) is 19.8. The predicted octanol–water partition coefficient (Wildman–Crippen LogP) is 1.45. The van der Waals surface area contributed by atoms with E-state index in [2.05, 4.69) is 24.5 Å². The standard InChI is InChI=1S/C17H22N4O5.ClH/c22-16-19-15(20-26-16)14-3-2-13(12-18-14)23-9-1-6-21-7-4-17(5-8-21)24-10-11-25-17;/h2-3,12H,1,4-11H2,(H,19,20,22);1H. The number of pyridine rings is 1. The van der Waals surface area contributed by atoms with Crippen LogP contribution in [0.15, 0.2) is 27.6 Å². The van der Waals surface area contributed by atoms with Gasteiger partial charge in [0.25, 0.3) is 0 Å². The van der Waals surface area contributed by atoms with Crippen LogP contribution in [0.2, 0.25) is 0 Å². The van der Waals surface area contributed by atoms with Crippen LogP contribution >= 0.6 is 12.4 Å². The molecule has 4 heterocycles. The molecule has 0 atom stereocenters. The highest BCUT2D eigenvalue weighted by Crippen LogP contribution is 2.31. The Kier molecular flexibility index (Phi) is 6.48. The van der Waals surface area contributed by atoms with Crippen molar-refractivity contribution < 1.29 is 18.7 Å². The predicted molar refractivity (Wildman–Crippen MR) is 98.0 cm³/mol. The molecule has 0 unspecified atom stereocenters. The van der Waals surface area contributed by atoms with E-state index >= 15 is 0 Å². The van der Waals surface area contributed by atoms with Crippen LogP contribution in [0.3, 0.4) is 0 Å². The molecule has 1 N–H and O–H groups in total. The summed E-state index contributed by atoms with van der Waals surface area (Å²) >= 11 is 0. The number of H-pyrrole nitrogens is 1. The number of hydrogen-bond acceptors (Lipinski definition) is 8. The lowest BCUT2D eigenvalue weighted by Crippen LogP contribution is -2.45. The Balaban J connectivity index is 0.00000210. The maximum absolute atomic E-state index is 11.0. The van der Waals surface area contributed by atoms with Crippen LogP contribution in [0.1, 0.15) is 19.3 Å². The van der Waals surface area contributed by atoms with Crippen LogP contribution in [-0.2, 0) is 9.47 Å². The van der Waals surface area contributed by atoms with Crippen molar-refractivity contribution >= 4 is 12.4 Å². The molecule has 27 heavy (non-hydrogen) atoms. The van der Waals surface area contributed by atoms with Gasteiger partial charge < -0.3 is 19.1 Å². The SMILES string of the molecule is Cl.O=c1[nH]c(-c2ccc(OCCCN3CCC4(CC3)OCCO4)cn2)no1. The first-order chi connectivity index (χ1) is 12.7. The van der Waals surface area contributed by atoms with Gasteiger partial charge in [0.1, 0.15) is 11.4 Å². The van der Waals surface area contributed by atoms with Crippen LogP contribution in [0.5, 0.6) is 5.75 Å². The van der Waals surface area contributed by atoms with Gasteiger partial charge in [-0.15, -0.1) is 12.4 Å². The molecule has 0 radical (unpaired) electrons. The second kappa shape index (κ2) is 8.83. The second-order valence-electron chi connectivity index (χ2n) is 6.47. The monoisotopic (exact) mass is 398 g/mol. The third kappa shape index (κ3) is 4.86. The van der Waals surface area contributed by atoms with Gasteiger partial charge >= 0.3 is 5.76 Å². The fourth-order valence-electron chi connectivity index (χ4n) is 3.33. The first-order valence-electron chi connectivity index (χ1n) is 8.88. The van der Waals surface area contributed by atoms with E-state index in [1.165, 1.54) is 0 Å². The number of nitrogens with zero attached hydrogens (tertiary/aromatic N) is 3. The molecule has 0 amide bonds.